The molecule has 0 aromatic heterocycles. The minimum Gasteiger partial charge on any atom is -0.497 e. The molecule has 0 unspecified atom stereocenters. The maximum Gasteiger partial charge on any atom is 0.289 e. The number of nitrogens with one attached hydrogen (secondary N) is 1. The van der Waals surface area contributed by atoms with Gasteiger partial charge in [0.25, 0.3) is 10.1 Å². The van der Waals surface area contributed by atoms with Crippen molar-refractivity contribution in [3.05, 3.63) is 30.1 Å². The highest BCUT2D eigenvalue weighted by molar-refractivity contribution is 7.87. The van der Waals surface area contributed by atoms with Crippen molar-refractivity contribution in [1.82, 2.24) is 0 Å². The van der Waals surface area contributed by atoms with Gasteiger partial charge >= 0.3 is 0 Å². The van der Waals surface area contributed by atoms with Gasteiger partial charge in [-0.05, 0) is 24.3 Å². The van der Waals surface area contributed by atoms with Gasteiger partial charge in [-0.15, -0.1) is 0 Å². The number of methoxy groups -OCH3 is 1. The summed E-state index contributed by atoms with van der Waals surface area (Å²) in [5, 5.41) is 2.42. The van der Waals surface area contributed by atoms with Crippen LogP contribution in [0.2, 0.25) is 0 Å². The SMILES string of the molecule is COc1ccc(N[CH]S(=O)(=O)O)cc1. The van der Waals surface area contributed by atoms with Crippen molar-refractivity contribution in [2.24, 2.45) is 0 Å². The van der Waals surface area contributed by atoms with E-state index in [1.165, 1.54) is 7.11 Å². The number of rotatable bonds is 4. The molecule has 5 nitrogen and oxygen atoms in total. The van der Waals surface area contributed by atoms with Crippen LogP contribution in [0.25, 0.3) is 0 Å². The van der Waals surface area contributed by atoms with Crippen LogP contribution in [-0.4, -0.2) is 20.1 Å². The number of ether oxygens (including phenoxy) is 1. The summed E-state index contributed by atoms with van der Waals surface area (Å²) in [5.41, 5.74) is 0.545. The molecule has 0 fully saturated rings. The van der Waals surface area contributed by atoms with E-state index in [1.807, 2.05) is 0 Å². The molecular formula is C8H10NO4S. The van der Waals surface area contributed by atoms with Crippen LogP contribution >= 0.6 is 0 Å². The number of anilines is 1. The van der Waals surface area contributed by atoms with E-state index >= 15 is 0 Å². The highest BCUT2D eigenvalue weighted by Crippen LogP contribution is 2.15. The van der Waals surface area contributed by atoms with Crippen LogP contribution < -0.4 is 10.1 Å². The van der Waals surface area contributed by atoms with E-state index in [9.17, 15) is 8.42 Å². The molecule has 0 aliphatic rings. The lowest BCUT2D eigenvalue weighted by Crippen LogP contribution is -2.05. The quantitative estimate of drug-likeness (QED) is 0.737. The molecular weight excluding hydrogens is 206 g/mol. The first-order valence-electron chi connectivity index (χ1n) is 3.72. The topological polar surface area (TPSA) is 75.6 Å². The van der Waals surface area contributed by atoms with Crippen molar-refractivity contribution >= 4 is 15.8 Å². The van der Waals surface area contributed by atoms with Gasteiger partial charge in [0, 0.05) is 5.69 Å². The molecule has 6 heteroatoms. The number of benzene rings is 1. The molecule has 0 saturated heterocycles. The molecule has 1 aromatic carbocycles. The Morgan fingerprint density at radius 3 is 2.36 bits per heavy atom. The standard InChI is InChI=1S/C8H10NO4S/c1-13-8-4-2-7(3-5-8)9-6-14(10,11)12/h2-6,9H,1H3,(H,10,11,12). The molecule has 0 heterocycles. The second-order valence-electron chi connectivity index (χ2n) is 2.51. The molecule has 1 aromatic rings. The second-order valence-corrected chi connectivity index (χ2v) is 3.77. The smallest absolute Gasteiger partial charge is 0.289 e. The average Bonchev–Trinajstić information content (AvgIpc) is 2.14. The van der Waals surface area contributed by atoms with Crippen LogP contribution in [0.1, 0.15) is 0 Å². The highest BCUT2D eigenvalue weighted by Gasteiger charge is 2.04. The molecule has 0 amide bonds. The zero-order valence-corrected chi connectivity index (χ0v) is 8.28. The van der Waals surface area contributed by atoms with E-state index in [1.54, 1.807) is 24.3 Å². The minimum absolute atomic E-state index is 0.545. The third kappa shape index (κ3) is 3.63. The largest absolute Gasteiger partial charge is 0.497 e. The Bertz CT molecular complexity index is 384. The first-order chi connectivity index (χ1) is 6.51. The minimum atomic E-state index is -4.11. The van der Waals surface area contributed by atoms with Crippen LogP contribution in [0.15, 0.2) is 24.3 Å². The summed E-state index contributed by atoms with van der Waals surface area (Å²) in [6.45, 7) is 0. The van der Waals surface area contributed by atoms with Gasteiger partial charge < -0.3 is 10.1 Å². The molecule has 2 N–H and O–H groups in total. The molecule has 14 heavy (non-hydrogen) atoms. The Morgan fingerprint density at radius 1 is 1.36 bits per heavy atom. The van der Waals surface area contributed by atoms with E-state index in [0.29, 0.717) is 17.3 Å². The first-order valence-corrected chi connectivity index (χ1v) is 5.23. The number of hydrogen-bond donors (Lipinski definition) is 2. The Hall–Kier alpha value is -1.27. The van der Waals surface area contributed by atoms with Crippen molar-refractivity contribution in [2.75, 3.05) is 12.4 Å². The lowest BCUT2D eigenvalue weighted by molar-refractivity contribution is 0.415. The van der Waals surface area contributed by atoms with E-state index in [0.717, 1.165) is 0 Å². The molecule has 0 saturated carbocycles. The monoisotopic (exact) mass is 216 g/mol. The van der Waals surface area contributed by atoms with Crippen molar-refractivity contribution in [3.8, 4) is 5.75 Å². The van der Waals surface area contributed by atoms with Crippen LogP contribution in [0, 0.1) is 5.88 Å². The summed E-state index contributed by atoms with van der Waals surface area (Å²) in [7, 11) is -2.57. The number of hydrogen-bond acceptors (Lipinski definition) is 4. The van der Waals surface area contributed by atoms with Crippen LogP contribution in [0.3, 0.4) is 0 Å². The molecule has 1 rings (SSSR count). The Balaban J connectivity index is 2.61. The second kappa shape index (κ2) is 4.30. The van der Waals surface area contributed by atoms with E-state index < -0.39 is 10.1 Å². The van der Waals surface area contributed by atoms with Gasteiger partial charge in [0.05, 0.1) is 7.11 Å². The van der Waals surface area contributed by atoms with Crippen molar-refractivity contribution in [2.45, 2.75) is 0 Å². The van der Waals surface area contributed by atoms with Gasteiger partial charge in [0.2, 0.25) is 0 Å². The van der Waals surface area contributed by atoms with E-state index in [2.05, 4.69) is 5.32 Å². The van der Waals surface area contributed by atoms with Gasteiger partial charge in [0.15, 0.2) is 5.88 Å². The zero-order valence-electron chi connectivity index (χ0n) is 7.47. The highest BCUT2D eigenvalue weighted by atomic mass is 32.2. The van der Waals surface area contributed by atoms with Crippen molar-refractivity contribution < 1.29 is 17.7 Å². The molecule has 0 atom stereocenters. The summed E-state index contributed by atoms with van der Waals surface area (Å²) in [5.74, 6) is 1.27. The van der Waals surface area contributed by atoms with Crippen molar-refractivity contribution in [3.63, 3.8) is 0 Å². The molecule has 0 aliphatic carbocycles. The van der Waals surface area contributed by atoms with Gasteiger partial charge in [-0.3, -0.25) is 4.55 Å². The summed E-state index contributed by atoms with van der Waals surface area (Å²) >= 11 is 0. The average molecular weight is 216 g/mol. The zero-order chi connectivity index (χ0) is 10.6. The normalized spacial score (nSPS) is 11.0. The molecule has 0 spiro atoms. The lowest BCUT2D eigenvalue weighted by Gasteiger charge is -2.04. The van der Waals surface area contributed by atoms with Crippen LogP contribution in [-0.2, 0) is 10.1 Å². The molecule has 0 bridgehead atoms. The summed E-state index contributed by atoms with van der Waals surface area (Å²) in [6.07, 6.45) is 0. The fourth-order valence-corrected chi connectivity index (χ4v) is 1.11. The summed E-state index contributed by atoms with van der Waals surface area (Å²) < 4.78 is 34.0. The third-order valence-electron chi connectivity index (χ3n) is 1.46. The van der Waals surface area contributed by atoms with Crippen LogP contribution in [0.5, 0.6) is 5.75 Å². The predicted octanol–water partition coefficient (Wildman–Crippen LogP) is 1.11. The van der Waals surface area contributed by atoms with Crippen molar-refractivity contribution in [1.29, 1.82) is 0 Å². The third-order valence-corrected chi connectivity index (χ3v) is 1.88. The Labute approximate surface area is 82.5 Å². The predicted molar refractivity (Wildman–Crippen MR) is 52.5 cm³/mol. The Morgan fingerprint density at radius 2 is 1.93 bits per heavy atom. The lowest BCUT2D eigenvalue weighted by atomic mass is 10.3. The van der Waals surface area contributed by atoms with Gasteiger partial charge in [-0.25, -0.2) is 0 Å². The van der Waals surface area contributed by atoms with E-state index in [4.69, 9.17) is 9.29 Å². The summed E-state index contributed by atoms with van der Waals surface area (Å²) in [4.78, 5) is 0. The maximum absolute atomic E-state index is 10.3. The maximum atomic E-state index is 10.3. The first kappa shape index (κ1) is 10.8. The molecule has 0 aliphatic heterocycles. The van der Waals surface area contributed by atoms with Gasteiger partial charge in [-0.2, -0.15) is 8.42 Å². The fourth-order valence-electron chi connectivity index (χ4n) is 0.830. The van der Waals surface area contributed by atoms with Gasteiger partial charge in [-0.1, -0.05) is 0 Å². The summed E-state index contributed by atoms with van der Waals surface area (Å²) in [6, 6.07) is 6.58. The van der Waals surface area contributed by atoms with Crippen LogP contribution in [0.4, 0.5) is 5.69 Å². The molecule has 77 valence electrons. The van der Waals surface area contributed by atoms with Gasteiger partial charge in [0.1, 0.15) is 5.75 Å². The Kier molecular flexibility index (Phi) is 3.32. The molecule has 1 radical (unpaired) electrons. The fraction of sp³-hybridized carbons (Fsp3) is 0.125. The van der Waals surface area contributed by atoms with E-state index in [-0.39, 0.29) is 0 Å².